The van der Waals surface area contributed by atoms with E-state index in [4.69, 9.17) is 11.6 Å². The first-order chi connectivity index (χ1) is 11.7. The quantitative estimate of drug-likeness (QED) is 0.701. The minimum absolute atomic E-state index is 0.316. The van der Waals surface area contributed by atoms with Crippen LogP contribution in [0.3, 0.4) is 0 Å². The van der Waals surface area contributed by atoms with Crippen LogP contribution in [0, 0.1) is 18.3 Å². The summed E-state index contributed by atoms with van der Waals surface area (Å²) in [6, 6.07) is 8.90. The average molecular weight is 376 g/mol. The number of fused-ring (bicyclic) bond motifs is 1. The lowest BCUT2D eigenvalue weighted by atomic mass is 10.1. The zero-order valence-electron chi connectivity index (χ0n) is 13.7. The Labute approximate surface area is 150 Å². The van der Waals surface area contributed by atoms with Gasteiger partial charge in [0.2, 0.25) is 10.0 Å². The second-order valence-electron chi connectivity index (χ2n) is 5.53. The lowest BCUT2D eigenvalue weighted by Crippen LogP contribution is -2.25. The summed E-state index contributed by atoms with van der Waals surface area (Å²) in [6.45, 7) is 1.74. The molecule has 25 heavy (non-hydrogen) atoms. The first-order valence-electron chi connectivity index (χ1n) is 7.22. The van der Waals surface area contributed by atoms with Gasteiger partial charge in [-0.3, -0.25) is 4.31 Å². The minimum Gasteiger partial charge on any atom is -0.272 e. The van der Waals surface area contributed by atoms with Crippen LogP contribution in [-0.2, 0) is 10.0 Å². The van der Waals surface area contributed by atoms with Crippen LogP contribution in [0.25, 0.3) is 16.9 Å². The molecule has 0 N–H and O–H groups in total. The standard InChI is InChI=1S/C16H14ClN5O2S/c1-10-12(9-18)16-19-7-6-14(22(16)20-10)11-4-5-13(17)15(8-11)21(2)25(3,23)24/h4-8H,1-3H3. The van der Waals surface area contributed by atoms with E-state index in [0.717, 1.165) is 10.6 Å². The number of aromatic nitrogens is 3. The summed E-state index contributed by atoms with van der Waals surface area (Å²) in [5.41, 5.74) is 3.17. The molecule has 0 spiro atoms. The van der Waals surface area contributed by atoms with Crippen LogP contribution in [-0.4, -0.2) is 36.3 Å². The first-order valence-corrected chi connectivity index (χ1v) is 9.45. The fourth-order valence-corrected chi connectivity index (χ4v) is 3.30. The van der Waals surface area contributed by atoms with Crippen molar-refractivity contribution in [1.29, 1.82) is 5.26 Å². The summed E-state index contributed by atoms with van der Waals surface area (Å²) in [7, 11) is -2.02. The summed E-state index contributed by atoms with van der Waals surface area (Å²) in [6.07, 6.45) is 2.69. The Kier molecular flexibility index (Phi) is 4.14. The maximum Gasteiger partial charge on any atom is 0.232 e. The van der Waals surface area contributed by atoms with Crippen molar-refractivity contribution in [2.24, 2.45) is 0 Å². The van der Waals surface area contributed by atoms with Gasteiger partial charge in [-0.2, -0.15) is 10.4 Å². The third kappa shape index (κ3) is 2.92. The fourth-order valence-electron chi connectivity index (χ4n) is 2.49. The number of anilines is 1. The molecule has 128 valence electrons. The van der Waals surface area contributed by atoms with E-state index in [9.17, 15) is 13.7 Å². The Morgan fingerprint density at radius 1 is 1.32 bits per heavy atom. The van der Waals surface area contributed by atoms with Gasteiger partial charge in [0.1, 0.15) is 11.6 Å². The number of sulfonamides is 1. The SMILES string of the molecule is Cc1nn2c(-c3ccc(Cl)c(N(C)S(C)(=O)=O)c3)ccnc2c1C#N. The zero-order valence-corrected chi connectivity index (χ0v) is 15.3. The lowest BCUT2D eigenvalue weighted by molar-refractivity contribution is 0.600. The molecule has 0 atom stereocenters. The normalized spacial score (nSPS) is 11.5. The van der Waals surface area contributed by atoms with E-state index >= 15 is 0 Å². The molecule has 3 rings (SSSR count). The van der Waals surface area contributed by atoms with Crippen LogP contribution in [0.4, 0.5) is 5.69 Å². The fraction of sp³-hybridized carbons (Fsp3) is 0.188. The average Bonchev–Trinajstić information content (AvgIpc) is 2.89. The summed E-state index contributed by atoms with van der Waals surface area (Å²) >= 11 is 6.17. The second-order valence-corrected chi connectivity index (χ2v) is 7.96. The van der Waals surface area contributed by atoms with E-state index in [1.165, 1.54) is 7.05 Å². The molecule has 0 aliphatic carbocycles. The topological polar surface area (TPSA) is 91.4 Å². The van der Waals surface area contributed by atoms with Crippen molar-refractivity contribution in [2.45, 2.75) is 6.92 Å². The molecule has 0 fully saturated rings. The Morgan fingerprint density at radius 3 is 2.68 bits per heavy atom. The van der Waals surface area contributed by atoms with Crippen molar-refractivity contribution in [3.63, 3.8) is 0 Å². The molecule has 0 aliphatic heterocycles. The number of hydrogen-bond acceptors (Lipinski definition) is 5. The molecule has 2 heterocycles. The van der Waals surface area contributed by atoms with E-state index in [-0.39, 0.29) is 0 Å². The van der Waals surface area contributed by atoms with E-state index in [0.29, 0.717) is 38.9 Å². The lowest BCUT2D eigenvalue weighted by Gasteiger charge is -2.19. The molecule has 9 heteroatoms. The Bertz CT molecular complexity index is 1130. The number of hydrogen-bond donors (Lipinski definition) is 0. The molecule has 1 aromatic carbocycles. The highest BCUT2D eigenvalue weighted by Gasteiger charge is 2.18. The van der Waals surface area contributed by atoms with Gasteiger partial charge in [0.25, 0.3) is 0 Å². The summed E-state index contributed by atoms with van der Waals surface area (Å²) in [5, 5.41) is 14.0. The molecule has 0 aliphatic rings. The largest absolute Gasteiger partial charge is 0.272 e. The maximum atomic E-state index is 11.8. The summed E-state index contributed by atoms with van der Waals surface area (Å²) in [5.74, 6) is 0. The third-order valence-electron chi connectivity index (χ3n) is 3.88. The van der Waals surface area contributed by atoms with Gasteiger partial charge in [0.05, 0.1) is 28.4 Å². The number of nitrogens with zero attached hydrogens (tertiary/aromatic N) is 5. The van der Waals surface area contributed by atoms with Crippen molar-refractivity contribution in [2.75, 3.05) is 17.6 Å². The minimum atomic E-state index is -3.46. The molecule has 0 bridgehead atoms. The van der Waals surface area contributed by atoms with Gasteiger partial charge in [0.15, 0.2) is 5.65 Å². The predicted octanol–water partition coefficient (Wildman–Crippen LogP) is 2.63. The number of rotatable bonds is 3. The Balaban J connectivity index is 2.25. The molecule has 0 saturated heterocycles. The molecule has 0 saturated carbocycles. The van der Waals surface area contributed by atoms with Gasteiger partial charge < -0.3 is 0 Å². The molecule has 0 unspecified atom stereocenters. The van der Waals surface area contributed by atoms with E-state index in [2.05, 4.69) is 16.2 Å². The molecule has 0 amide bonds. The van der Waals surface area contributed by atoms with Gasteiger partial charge in [-0.25, -0.2) is 17.9 Å². The number of benzene rings is 1. The van der Waals surface area contributed by atoms with Crippen LogP contribution in [0.1, 0.15) is 11.3 Å². The molecule has 0 radical (unpaired) electrons. The molecule has 3 aromatic rings. The van der Waals surface area contributed by atoms with Crippen LogP contribution in [0.5, 0.6) is 0 Å². The maximum absolute atomic E-state index is 11.8. The van der Waals surface area contributed by atoms with Crippen LogP contribution in [0.2, 0.25) is 5.02 Å². The van der Waals surface area contributed by atoms with Crippen LogP contribution < -0.4 is 4.31 Å². The van der Waals surface area contributed by atoms with Gasteiger partial charge in [-0.15, -0.1) is 0 Å². The summed E-state index contributed by atoms with van der Waals surface area (Å²) in [4.78, 5) is 4.22. The second kappa shape index (κ2) is 6.02. The Morgan fingerprint density at radius 2 is 2.04 bits per heavy atom. The van der Waals surface area contributed by atoms with Gasteiger partial charge in [0, 0.05) is 18.8 Å². The smallest absolute Gasteiger partial charge is 0.232 e. The van der Waals surface area contributed by atoms with Gasteiger partial charge in [-0.1, -0.05) is 17.7 Å². The highest BCUT2D eigenvalue weighted by atomic mass is 35.5. The molecular formula is C16H14ClN5O2S. The van der Waals surface area contributed by atoms with Crippen molar-refractivity contribution in [1.82, 2.24) is 14.6 Å². The Hall–Kier alpha value is -2.63. The third-order valence-corrected chi connectivity index (χ3v) is 5.40. The highest BCUT2D eigenvalue weighted by molar-refractivity contribution is 7.92. The van der Waals surface area contributed by atoms with Crippen molar-refractivity contribution >= 4 is 33.0 Å². The van der Waals surface area contributed by atoms with E-state index in [1.54, 1.807) is 41.9 Å². The monoisotopic (exact) mass is 375 g/mol. The summed E-state index contributed by atoms with van der Waals surface area (Å²) < 4.78 is 26.4. The zero-order chi connectivity index (χ0) is 18.4. The van der Waals surface area contributed by atoms with Crippen LogP contribution >= 0.6 is 11.6 Å². The first kappa shape index (κ1) is 17.2. The van der Waals surface area contributed by atoms with Crippen molar-refractivity contribution in [3.05, 3.63) is 46.7 Å². The van der Waals surface area contributed by atoms with Gasteiger partial charge >= 0.3 is 0 Å². The van der Waals surface area contributed by atoms with Crippen LogP contribution in [0.15, 0.2) is 30.5 Å². The molecular weight excluding hydrogens is 362 g/mol. The van der Waals surface area contributed by atoms with Gasteiger partial charge in [-0.05, 0) is 25.1 Å². The number of aryl methyl sites for hydroxylation is 1. The predicted molar refractivity (Wildman–Crippen MR) is 96.1 cm³/mol. The van der Waals surface area contributed by atoms with Crippen molar-refractivity contribution < 1.29 is 8.42 Å². The highest BCUT2D eigenvalue weighted by Crippen LogP contribution is 2.32. The number of halogens is 1. The van der Waals surface area contributed by atoms with Crippen molar-refractivity contribution in [3.8, 4) is 17.3 Å². The number of nitriles is 1. The van der Waals surface area contributed by atoms with E-state index in [1.807, 2.05) is 0 Å². The molecule has 7 nitrogen and oxygen atoms in total. The molecule has 2 aromatic heterocycles. The van der Waals surface area contributed by atoms with E-state index < -0.39 is 10.0 Å².